The zero-order valence-electron chi connectivity index (χ0n) is 19.3. The first-order valence-electron chi connectivity index (χ1n) is 11.1. The summed E-state index contributed by atoms with van der Waals surface area (Å²) in [6.45, 7) is 8.82. The van der Waals surface area contributed by atoms with Crippen molar-refractivity contribution in [1.82, 2.24) is 0 Å². The summed E-state index contributed by atoms with van der Waals surface area (Å²) < 4.78 is 32.5. The molecule has 0 amide bonds. The van der Waals surface area contributed by atoms with Crippen molar-refractivity contribution in [2.24, 2.45) is 0 Å². The lowest BCUT2D eigenvalue weighted by Gasteiger charge is -2.32. The van der Waals surface area contributed by atoms with Crippen LogP contribution in [0.5, 0.6) is 0 Å². The standard InChI is InChI=1S/C25H37NO4S/c1-5-7-13-24(27)25(3,4)22-14-16-23(17-15-22)26(31(28,29)6-2)18-19-30-20-21-11-9-8-10-12-21/h8-12,14-17,24,27H,5-7,13,18-20H2,1-4H3. The largest absolute Gasteiger partial charge is 0.392 e. The van der Waals surface area contributed by atoms with E-state index >= 15 is 0 Å². The molecule has 0 saturated carbocycles. The van der Waals surface area contributed by atoms with Gasteiger partial charge in [-0.1, -0.05) is 76.1 Å². The molecule has 6 heteroatoms. The summed E-state index contributed by atoms with van der Waals surface area (Å²) in [4.78, 5) is 0. The number of sulfonamides is 1. The van der Waals surface area contributed by atoms with E-state index in [-0.39, 0.29) is 12.3 Å². The first kappa shape index (κ1) is 25.4. The highest BCUT2D eigenvalue weighted by molar-refractivity contribution is 7.92. The quantitative estimate of drug-likeness (QED) is 0.444. The molecule has 2 aromatic carbocycles. The highest BCUT2D eigenvalue weighted by atomic mass is 32.2. The molecule has 172 valence electrons. The van der Waals surface area contributed by atoms with Crippen LogP contribution in [0, 0.1) is 0 Å². The second-order valence-electron chi connectivity index (χ2n) is 8.44. The molecule has 2 rings (SSSR count). The van der Waals surface area contributed by atoms with Gasteiger partial charge in [0, 0.05) is 5.41 Å². The molecule has 1 unspecified atom stereocenters. The maximum Gasteiger partial charge on any atom is 0.234 e. The van der Waals surface area contributed by atoms with Gasteiger partial charge in [-0.15, -0.1) is 0 Å². The maximum atomic E-state index is 12.7. The number of nitrogens with zero attached hydrogens (tertiary/aromatic N) is 1. The van der Waals surface area contributed by atoms with E-state index in [0.29, 0.717) is 18.9 Å². The number of aliphatic hydroxyl groups is 1. The summed E-state index contributed by atoms with van der Waals surface area (Å²) in [7, 11) is -3.43. The average Bonchev–Trinajstić information content (AvgIpc) is 2.78. The predicted molar refractivity (Wildman–Crippen MR) is 128 cm³/mol. The van der Waals surface area contributed by atoms with Crippen molar-refractivity contribution in [3.8, 4) is 0 Å². The van der Waals surface area contributed by atoms with Gasteiger partial charge in [-0.3, -0.25) is 4.31 Å². The number of hydrogen-bond acceptors (Lipinski definition) is 4. The van der Waals surface area contributed by atoms with Crippen molar-refractivity contribution in [1.29, 1.82) is 0 Å². The summed E-state index contributed by atoms with van der Waals surface area (Å²) in [6, 6.07) is 17.3. The zero-order chi connectivity index (χ0) is 22.9. The molecule has 0 radical (unpaired) electrons. The molecule has 0 aliphatic carbocycles. The Morgan fingerprint density at radius 2 is 1.68 bits per heavy atom. The highest BCUT2D eigenvalue weighted by Gasteiger charge is 2.30. The van der Waals surface area contributed by atoms with Crippen molar-refractivity contribution in [2.75, 3.05) is 23.2 Å². The third kappa shape index (κ3) is 7.06. The van der Waals surface area contributed by atoms with Gasteiger partial charge in [0.2, 0.25) is 10.0 Å². The molecular weight excluding hydrogens is 410 g/mol. The summed E-state index contributed by atoms with van der Waals surface area (Å²) >= 11 is 0. The van der Waals surface area contributed by atoms with Crippen LogP contribution in [-0.2, 0) is 26.8 Å². The van der Waals surface area contributed by atoms with E-state index in [4.69, 9.17) is 4.74 Å². The molecule has 1 N–H and O–H groups in total. The Hall–Kier alpha value is -1.89. The minimum absolute atomic E-state index is 0.0225. The van der Waals surface area contributed by atoms with Gasteiger partial charge < -0.3 is 9.84 Å². The van der Waals surface area contributed by atoms with E-state index in [2.05, 4.69) is 6.92 Å². The Morgan fingerprint density at radius 3 is 2.26 bits per heavy atom. The number of anilines is 1. The molecule has 0 bridgehead atoms. The lowest BCUT2D eigenvalue weighted by atomic mass is 9.77. The third-order valence-corrected chi connectivity index (χ3v) is 7.61. The lowest BCUT2D eigenvalue weighted by molar-refractivity contribution is 0.0890. The molecule has 5 nitrogen and oxygen atoms in total. The molecule has 0 heterocycles. The third-order valence-electron chi connectivity index (χ3n) is 5.81. The molecule has 1 atom stereocenters. The van der Waals surface area contributed by atoms with Crippen molar-refractivity contribution < 1.29 is 18.3 Å². The molecule has 0 aromatic heterocycles. The highest BCUT2D eigenvalue weighted by Crippen LogP contribution is 2.31. The monoisotopic (exact) mass is 447 g/mol. The van der Waals surface area contributed by atoms with Crippen molar-refractivity contribution in [3.63, 3.8) is 0 Å². The average molecular weight is 448 g/mol. The van der Waals surface area contributed by atoms with Crippen LogP contribution in [0.3, 0.4) is 0 Å². The molecule has 0 saturated heterocycles. The van der Waals surface area contributed by atoms with Gasteiger partial charge in [0.05, 0.1) is 37.3 Å². The molecule has 31 heavy (non-hydrogen) atoms. The number of hydrogen-bond donors (Lipinski definition) is 1. The number of rotatable bonds is 13. The minimum atomic E-state index is -3.43. The summed E-state index contributed by atoms with van der Waals surface area (Å²) in [5.41, 5.74) is 2.27. The van der Waals surface area contributed by atoms with E-state index in [1.54, 1.807) is 6.92 Å². The summed E-state index contributed by atoms with van der Waals surface area (Å²) in [6.07, 6.45) is 2.33. The fourth-order valence-corrected chi connectivity index (χ4v) is 4.61. The Labute approximate surface area is 188 Å². The first-order valence-corrected chi connectivity index (χ1v) is 12.7. The van der Waals surface area contributed by atoms with Gasteiger partial charge in [-0.2, -0.15) is 0 Å². The summed E-state index contributed by atoms with van der Waals surface area (Å²) in [5.74, 6) is 0.0225. The maximum absolute atomic E-state index is 12.7. The van der Waals surface area contributed by atoms with Gasteiger partial charge in [-0.25, -0.2) is 8.42 Å². The van der Waals surface area contributed by atoms with Crippen LogP contribution in [0.1, 0.15) is 58.1 Å². The van der Waals surface area contributed by atoms with Crippen LogP contribution in [0.25, 0.3) is 0 Å². The van der Waals surface area contributed by atoms with E-state index in [1.807, 2.05) is 68.4 Å². The molecule has 2 aromatic rings. The van der Waals surface area contributed by atoms with E-state index in [9.17, 15) is 13.5 Å². The van der Waals surface area contributed by atoms with Crippen molar-refractivity contribution in [2.45, 2.75) is 65.1 Å². The molecule has 0 spiro atoms. The van der Waals surface area contributed by atoms with Gasteiger partial charge >= 0.3 is 0 Å². The lowest BCUT2D eigenvalue weighted by Crippen LogP contribution is -2.36. The fourth-order valence-electron chi connectivity index (χ4n) is 3.50. The van der Waals surface area contributed by atoms with Gasteiger partial charge in [0.25, 0.3) is 0 Å². The Bertz CT molecular complexity index is 879. The van der Waals surface area contributed by atoms with Crippen LogP contribution >= 0.6 is 0 Å². The summed E-state index contributed by atoms with van der Waals surface area (Å²) in [5, 5.41) is 10.6. The van der Waals surface area contributed by atoms with Crippen LogP contribution in [0.15, 0.2) is 54.6 Å². The second-order valence-corrected chi connectivity index (χ2v) is 10.6. The number of aliphatic hydroxyl groups excluding tert-OH is 1. The normalized spacial score (nSPS) is 13.2. The minimum Gasteiger partial charge on any atom is -0.392 e. The first-order chi connectivity index (χ1) is 14.7. The smallest absolute Gasteiger partial charge is 0.234 e. The van der Waals surface area contributed by atoms with Crippen molar-refractivity contribution >= 4 is 15.7 Å². The molecule has 0 aliphatic heterocycles. The van der Waals surface area contributed by atoms with Crippen LogP contribution in [0.4, 0.5) is 5.69 Å². The van der Waals surface area contributed by atoms with Gasteiger partial charge in [0.15, 0.2) is 0 Å². The van der Waals surface area contributed by atoms with E-state index in [0.717, 1.165) is 30.4 Å². The molecule has 0 aliphatic rings. The predicted octanol–water partition coefficient (Wildman–Crippen LogP) is 4.89. The zero-order valence-corrected chi connectivity index (χ0v) is 20.1. The van der Waals surface area contributed by atoms with Crippen LogP contribution in [0.2, 0.25) is 0 Å². The van der Waals surface area contributed by atoms with Gasteiger partial charge in [0.1, 0.15) is 0 Å². The number of unbranched alkanes of at least 4 members (excludes halogenated alkanes) is 1. The SMILES string of the molecule is CCCCC(O)C(C)(C)c1ccc(N(CCOCc2ccccc2)S(=O)(=O)CC)cc1. The fraction of sp³-hybridized carbons (Fsp3) is 0.520. The number of ether oxygens (including phenoxy) is 1. The topological polar surface area (TPSA) is 66.8 Å². The van der Waals surface area contributed by atoms with Crippen molar-refractivity contribution in [3.05, 3.63) is 65.7 Å². The molecular formula is C25H37NO4S. The molecule has 0 fully saturated rings. The van der Waals surface area contributed by atoms with Crippen LogP contribution in [-0.4, -0.2) is 38.5 Å². The van der Waals surface area contributed by atoms with Crippen LogP contribution < -0.4 is 4.31 Å². The second kappa shape index (κ2) is 11.7. The van der Waals surface area contributed by atoms with E-state index < -0.39 is 21.5 Å². The number of benzene rings is 2. The Balaban J connectivity index is 2.10. The Morgan fingerprint density at radius 1 is 1.03 bits per heavy atom. The van der Waals surface area contributed by atoms with Gasteiger partial charge in [-0.05, 0) is 36.6 Å². The van der Waals surface area contributed by atoms with E-state index in [1.165, 1.54) is 4.31 Å². The Kier molecular flexibility index (Phi) is 9.54.